The first kappa shape index (κ1) is 13.9. The molecule has 1 aliphatic rings. The number of likely N-dealkylation sites (tertiary alicyclic amines) is 1. The van der Waals surface area contributed by atoms with Crippen LogP contribution in [0, 0.1) is 6.92 Å². The van der Waals surface area contributed by atoms with E-state index in [0.717, 1.165) is 16.5 Å². The predicted molar refractivity (Wildman–Crippen MR) is 75.3 cm³/mol. The maximum atomic E-state index is 12.1. The van der Waals surface area contributed by atoms with E-state index in [-0.39, 0.29) is 6.03 Å². The Kier molecular flexibility index (Phi) is 4.09. The summed E-state index contributed by atoms with van der Waals surface area (Å²) in [5.41, 5.74) is 1.62. The Hall–Kier alpha value is -1.56. The Morgan fingerprint density at radius 3 is 2.84 bits per heavy atom. The van der Waals surface area contributed by atoms with Crippen molar-refractivity contribution in [2.75, 3.05) is 11.9 Å². The lowest BCUT2D eigenvalue weighted by molar-refractivity contribution is -0.141. The zero-order chi connectivity index (χ0) is 14.0. The molecule has 1 aromatic carbocycles. The van der Waals surface area contributed by atoms with Crippen molar-refractivity contribution in [1.29, 1.82) is 0 Å². The van der Waals surface area contributed by atoms with Crippen LogP contribution in [0.2, 0.25) is 0 Å². The van der Waals surface area contributed by atoms with Crippen molar-refractivity contribution in [1.82, 2.24) is 4.90 Å². The van der Waals surface area contributed by atoms with Gasteiger partial charge in [-0.1, -0.05) is 15.9 Å². The zero-order valence-electron chi connectivity index (χ0n) is 10.5. The fourth-order valence-corrected chi connectivity index (χ4v) is 2.70. The third kappa shape index (κ3) is 3.07. The summed E-state index contributed by atoms with van der Waals surface area (Å²) in [7, 11) is 0. The molecule has 0 aromatic heterocycles. The van der Waals surface area contributed by atoms with Gasteiger partial charge < -0.3 is 15.3 Å². The zero-order valence-corrected chi connectivity index (χ0v) is 12.1. The number of benzene rings is 1. The van der Waals surface area contributed by atoms with Crippen LogP contribution in [-0.4, -0.2) is 34.6 Å². The van der Waals surface area contributed by atoms with Crippen molar-refractivity contribution in [2.24, 2.45) is 0 Å². The molecule has 0 spiro atoms. The number of carboxylic acids is 1. The molecule has 0 unspecified atom stereocenters. The SMILES string of the molecule is Cc1cc(Br)ccc1NC(=O)N1CCC[C@H]1C(=O)O. The number of hydrogen-bond donors (Lipinski definition) is 2. The first-order chi connectivity index (χ1) is 8.99. The Morgan fingerprint density at radius 2 is 2.21 bits per heavy atom. The van der Waals surface area contributed by atoms with E-state index in [4.69, 9.17) is 5.11 Å². The lowest BCUT2D eigenvalue weighted by Crippen LogP contribution is -2.42. The second-order valence-electron chi connectivity index (χ2n) is 4.58. The van der Waals surface area contributed by atoms with E-state index in [0.29, 0.717) is 18.7 Å². The monoisotopic (exact) mass is 326 g/mol. The first-order valence-electron chi connectivity index (χ1n) is 6.05. The van der Waals surface area contributed by atoms with Crippen LogP contribution in [0.3, 0.4) is 0 Å². The summed E-state index contributed by atoms with van der Waals surface area (Å²) in [4.78, 5) is 24.5. The number of rotatable bonds is 2. The molecule has 1 atom stereocenters. The Labute approximate surface area is 119 Å². The highest BCUT2D eigenvalue weighted by Crippen LogP contribution is 2.23. The molecule has 2 rings (SSSR count). The molecule has 1 fully saturated rings. The molecule has 1 saturated heterocycles. The number of halogens is 1. The van der Waals surface area contributed by atoms with Gasteiger partial charge in [0.25, 0.3) is 0 Å². The highest BCUT2D eigenvalue weighted by atomic mass is 79.9. The van der Waals surface area contributed by atoms with Crippen LogP contribution < -0.4 is 5.32 Å². The van der Waals surface area contributed by atoms with Gasteiger partial charge in [0.15, 0.2) is 0 Å². The summed E-state index contributed by atoms with van der Waals surface area (Å²) in [6.45, 7) is 2.37. The van der Waals surface area contributed by atoms with E-state index >= 15 is 0 Å². The normalized spacial score (nSPS) is 18.4. The Morgan fingerprint density at radius 1 is 1.47 bits per heavy atom. The van der Waals surface area contributed by atoms with Crippen LogP contribution >= 0.6 is 15.9 Å². The van der Waals surface area contributed by atoms with E-state index < -0.39 is 12.0 Å². The fourth-order valence-electron chi connectivity index (χ4n) is 2.22. The average molecular weight is 327 g/mol. The van der Waals surface area contributed by atoms with Crippen LogP contribution in [0.25, 0.3) is 0 Å². The minimum Gasteiger partial charge on any atom is -0.480 e. The Balaban J connectivity index is 2.10. The molecule has 1 heterocycles. The van der Waals surface area contributed by atoms with Gasteiger partial charge in [0.1, 0.15) is 6.04 Å². The van der Waals surface area contributed by atoms with Crippen LogP contribution in [0.1, 0.15) is 18.4 Å². The fraction of sp³-hybridized carbons (Fsp3) is 0.385. The molecule has 6 heteroatoms. The summed E-state index contributed by atoms with van der Waals surface area (Å²) in [6.07, 6.45) is 1.24. The molecule has 0 aliphatic carbocycles. The highest BCUT2D eigenvalue weighted by Gasteiger charge is 2.34. The minimum absolute atomic E-state index is 0.352. The van der Waals surface area contributed by atoms with Gasteiger partial charge >= 0.3 is 12.0 Å². The number of aliphatic carboxylic acids is 1. The third-order valence-electron chi connectivity index (χ3n) is 3.23. The lowest BCUT2D eigenvalue weighted by Gasteiger charge is -2.22. The summed E-state index contributed by atoms with van der Waals surface area (Å²) >= 11 is 3.36. The Bertz CT molecular complexity index is 519. The van der Waals surface area contributed by atoms with Gasteiger partial charge in [0, 0.05) is 16.7 Å². The van der Waals surface area contributed by atoms with Crippen molar-refractivity contribution in [3.8, 4) is 0 Å². The van der Waals surface area contributed by atoms with Crippen molar-refractivity contribution in [3.05, 3.63) is 28.2 Å². The average Bonchev–Trinajstić information content (AvgIpc) is 2.82. The van der Waals surface area contributed by atoms with E-state index in [1.807, 2.05) is 19.1 Å². The van der Waals surface area contributed by atoms with Gasteiger partial charge in [-0.25, -0.2) is 9.59 Å². The smallest absolute Gasteiger partial charge is 0.326 e. The number of urea groups is 1. The van der Waals surface area contributed by atoms with Gasteiger partial charge in [0.2, 0.25) is 0 Å². The molecule has 1 aliphatic heterocycles. The van der Waals surface area contributed by atoms with Gasteiger partial charge in [-0.2, -0.15) is 0 Å². The van der Waals surface area contributed by atoms with Crippen molar-refractivity contribution in [2.45, 2.75) is 25.8 Å². The van der Waals surface area contributed by atoms with E-state index in [1.54, 1.807) is 6.07 Å². The molecule has 0 radical (unpaired) electrons. The molecule has 19 heavy (non-hydrogen) atoms. The number of anilines is 1. The van der Waals surface area contributed by atoms with Crippen LogP contribution in [0.5, 0.6) is 0 Å². The molecule has 1 aromatic rings. The molecule has 0 saturated carbocycles. The number of amides is 2. The van der Waals surface area contributed by atoms with E-state index in [2.05, 4.69) is 21.2 Å². The second kappa shape index (κ2) is 5.61. The van der Waals surface area contributed by atoms with Gasteiger partial charge in [-0.05, 0) is 43.5 Å². The summed E-state index contributed by atoms with van der Waals surface area (Å²) in [6, 6.07) is 4.46. The summed E-state index contributed by atoms with van der Waals surface area (Å²) < 4.78 is 0.938. The van der Waals surface area contributed by atoms with E-state index in [1.165, 1.54) is 4.90 Å². The number of carbonyl (C=O) groups is 2. The number of carbonyl (C=O) groups excluding carboxylic acids is 1. The molecule has 0 bridgehead atoms. The topological polar surface area (TPSA) is 69.6 Å². The van der Waals surface area contributed by atoms with Crippen molar-refractivity contribution >= 4 is 33.6 Å². The number of nitrogens with one attached hydrogen (secondary N) is 1. The highest BCUT2D eigenvalue weighted by molar-refractivity contribution is 9.10. The number of hydrogen-bond acceptors (Lipinski definition) is 2. The second-order valence-corrected chi connectivity index (χ2v) is 5.49. The maximum Gasteiger partial charge on any atom is 0.326 e. The predicted octanol–water partition coefficient (Wildman–Crippen LogP) is 2.84. The number of nitrogens with zero attached hydrogens (tertiary/aromatic N) is 1. The summed E-state index contributed by atoms with van der Waals surface area (Å²) in [5.74, 6) is -0.944. The quantitative estimate of drug-likeness (QED) is 0.877. The minimum atomic E-state index is -0.944. The molecule has 2 N–H and O–H groups in total. The number of aryl methyl sites for hydroxylation is 1. The third-order valence-corrected chi connectivity index (χ3v) is 3.72. The van der Waals surface area contributed by atoms with Crippen LogP contribution in [-0.2, 0) is 4.79 Å². The van der Waals surface area contributed by atoms with E-state index in [9.17, 15) is 9.59 Å². The lowest BCUT2D eigenvalue weighted by atomic mass is 10.2. The van der Waals surface area contributed by atoms with Crippen molar-refractivity contribution < 1.29 is 14.7 Å². The molecular formula is C13H15BrN2O3. The molecular weight excluding hydrogens is 312 g/mol. The summed E-state index contributed by atoms with van der Waals surface area (Å²) in [5, 5.41) is 11.8. The van der Waals surface area contributed by atoms with Crippen LogP contribution in [0.4, 0.5) is 10.5 Å². The standard InChI is InChI=1S/C13H15BrN2O3/c1-8-7-9(14)4-5-10(8)15-13(19)16-6-2-3-11(16)12(17)18/h4-5,7,11H,2-3,6H2,1H3,(H,15,19)(H,17,18)/t11-/m0/s1. The molecule has 2 amide bonds. The van der Waals surface area contributed by atoms with Gasteiger partial charge in [-0.15, -0.1) is 0 Å². The number of carboxylic acid groups (broad SMARTS) is 1. The molecule has 5 nitrogen and oxygen atoms in total. The first-order valence-corrected chi connectivity index (χ1v) is 6.85. The van der Waals surface area contributed by atoms with Gasteiger partial charge in [0.05, 0.1) is 0 Å². The molecule has 102 valence electrons. The van der Waals surface area contributed by atoms with Crippen LogP contribution in [0.15, 0.2) is 22.7 Å². The van der Waals surface area contributed by atoms with Crippen molar-refractivity contribution in [3.63, 3.8) is 0 Å². The maximum absolute atomic E-state index is 12.1. The van der Waals surface area contributed by atoms with Gasteiger partial charge in [-0.3, -0.25) is 0 Å². The largest absolute Gasteiger partial charge is 0.480 e.